The lowest BCUT2D eigenvalue weighted by Crippen LogP contribution is -2.47. The Morgan fingerprint density at radius 1 is 1.12 bits per heavy atom. The fraction of sp³-hybridized carbons (Fsp3) is 0.615. The highest BCUT2D eigenvalue weighted by Gasteiger charge is 2.51. The highest BCUT2D eigenvalue weighted by molar-refractivity contribution is 6.35. The fourth-order valence-electron chi connectivity index (χ4n) is 7.14. The van der Waals surface area contributed by atoms with Crippen LogP contribution in [0.4, 0.5) is 11.5 Å². The first-order valence-corrected chi connectivity index (χ1v) is 12.6. The van der Waals surface area contributed by atoms with Gasteiger partial charge in [0.15, 0.2) is 0 Å². The summed E-state index contributed by atoms with van der Waals surface area (Å²) in [5, 5.41) is 7.85. The van der Waals surface area contributed by atoms with Crippen LogP contribution in [0, 0.1) is 23.2 Å². The maximum absolute atomic E-state index is 13.2. The van der Waals surface area contributed by atoms with Gasteiger partial charge in [0, 0.05) is 25.4 Å². The Bertz CT molecular complexity index is 976. The van der Waals surface area contributed by atoms with E-state index in [1.54, 1.807) is 0 Å². The number of carbonyl (C=O) groups is 1. The zero-order chi connectivity index (χ0) is 22.3. The summed E-state index contributed by atoms with van der Waals surface area (Å²) >= 11 is 6.55. The van der Waals surface area contributed by atoms with Gasteiger partial charge in [-0.2, -0.15) is 0 Å². The molecule has 1 aromatic carbocycles. The van der Waals surface area contributed by atoms with Crippen molar-refractivity contribution in [3.63, 3.8) is 0 Å². The number of pyridine rings is 1. The number of benzene rings is 1. The zero-order valence-electron chi connectivity index (χ0n) is 19.7. The van der Waals surface area contributed by atoms with Gasteiger partial charge in [-0.3, -0.25) is 4.79 Å². The number of halogens is 2. The highest BCUT2D eigenvalue weighted by atomic mass is 35.5. The van der Waals surface area contributed by atoms with E-state index in [4.69, 9.17) is 16.6 Å². The molecule has 4 fully saturated rings. The second-order valence-electron chi connectivity index (χ2n) is 10.7. The Kier molecular flexibility index (Phi) is 7.42. The molecule has 1 heterocycles. The number of nitrogens with zero attached hydrogens (tertiary/aromatic N) is 2. The Balaban J connectivity index is 0.00000259. The van der Waals surface area contributed by atoms with Crippen molar-refractivity contribution in [2.45, 2.75) is 51.4 Å². The van der Waals surface area contributed by atoms with Crippen LogP contribution in [0.2, 0.25) is 5.02 Å². The van der Waals surface area contributed by atoms with Crippen LogP contribution in [0.3, 0.4) is 0 Å². The van der Waals surface area contributed by atoms with Crippen LogP contribution in [-0.4, -0.2) is 38.1 Å². The van der Waals surface area contributed by atoms with Crippen LogP contribution in [-0.2, 0) is 4.79 Å². The molecule has 2 N–H and O–H groups in total. The summed E-state index contributed by atoms with van der Waals surface area (Å²) in [6.45, 7) is 1.91. The number of nitrogens with one attached hydrogen (secondary N) is 2. The average molecular weight is 492 g/mol. The van der Waals surface area contributed by atoms with Crippen molar-refractivity contribution in [2.75, 3.05) is 37.4 Å². The van der Waals surface area contributed by atoms with Gasteiger partial charge in [-0.25, -0.2) is 4.98 Å². The number of rotatable bonds is 8. The summed E-state index contributed by atoms with van der Waals surface area (Å²) in [6, 6.07) is 7.85. The first-order chi connectivity index (χ1) is 15.4. The van der Waals surface area contributed by atoms with E-state index in [0.29, 0.717) is 17.1 Å². The topological polar surface area (TPSA) is 57.3 Å². The monoisotopic (exact) mass is 490 g/mol. The van der Waals surface area contributed by atoms with Gasteiger partial charge in [0.1, 0.15) is 5.82 Å². The van der Waals surface area contributed by atoms with E-state index in [1.165, 1.54) is 38.5 Å². The van der Waals surface area contributed by atoms with E-state index in [1.807, 2.05) is 31.3 Å². The molecule has 33 heavy (non-hydrogen) atoms. The lowest BCUT2D eigenvalue weighted by Gasteiger charge is -2.56. The molecule has 180 valence electrons. The van der Waals surface area contributed by atoms with E-state index in [0.717, 1.165) is 54.0 Å². The summed E-state index contributed by atoms with van der Waals surface area (Å²) in [5.74, 6) is 3.59. The van der Waals surface area contributed by atoms with Crippen molar-refractivity contribution in [2.24, 2.45) is 23.2 Å². The van der Waals surface area contributed by atoms with Crippen molar-refractivity contribution in [1.29, 1.82) is 0 Å². The summed E-state index contributed by atoms with van der Waals surface area (Å²) in [6.07, 6.45) is 9.58. The van der Waals surface area contributed by atoms with Crippen molar-refractivity contribution in [3.8, 4) is 0 Å². The van der Waals surface area contributed by atoms with Crippen molar-refractivity contribution >= 4 is 52.3 Å². The zero-order valence-corrected chi connectivity index (χ0v) is 21.3. The smallest absolute Gasteiger partial charge is 0.224 e. The number of amides is 1. The minimum atomic E-state index is 0. The summed E-state index contributed by atoms with van der Waals surface area (Å²) < 4.78 is 0. The van der Waals surface area contributed by atoms with Crippen LogP contribution in [0.15, 0.2) is 24.3 Å². The number of hydrogen-bond acceptors (Lipinski definition) is 4. The van der Waals surface area contributed by atoms with Gasteiger partial charge in [-0.15, -0.1) is 12.4 Å². The Hall–Kier alpha value is -1.56. The maximum Gasteiger partial charge on any atom is 0.224 e. The van der Waals surface area contributed by atoms with Gasteiger partial charge in [0.2, 0.25) is 5.91 Å². The molecule has 4 bridgehead atoms. The van der Waals surface area contributed by atoms with Crippen LogP contribution in [0.1, 0.15) is 51.4 Å². The van der Waals surface area contributed by atoms with Crippen molar-refractivity contribution in [3.05, 3.63) is 29.3 Å². The standard InChI is InChI=1S/C26H35ClN4O.ClH/c1-28-8-3-9-31(2)23-7-4-20-22(29-23)6-5-21(27)25(20)30-24(32)16-26-13-17-10-18(14-26)12-19(11-17)15-26;/h4-7,17-19,28H,3,8-16H2,1-2H3,(H,30,32);1H. The lowest BCUT2D eigenvalue weighted by molar-refractivity contribution is -0.124. The van der Waals surface area contributed by atoms with Crippen LogP contribution in [0.5, 0.6) is 0 Å². The van der Waals surface area contributed by atoms with E-state index in [2.05, 4.69) is 22.6 Å². The van der Waals surface area contributed by atoms with Gasteiger partial charge >= 0.3 is 0 Å². The number of anilines is 2. The number of fused-ring (bicyclic) bond motifs is 1. The molecule has 4 saturated carbocycles. The third-order valence-electron chi connectivity index (χ3n) is 8.08. The van der Waals surface area contributed by atoms with E-state index < -0.39 is 0 Å². The molecule has 0 radical (unpaired) electrons. The van der Waals surface area contributed by atoms with Gasteiger partial charge in [0.05, 0.1) is 16.2 Å². The van der Waals surface area contributed by atoms with Crippen LogP contribution < -0.4 is 15.5 Å². The van der Waals surface area contributed by atoms with Crippen LogP contribution in [0.25, 0.3) is 10.9 Å². The third kappa shape index (κ3) is 5.11. The van der Waals surface area contributed by atoms with Gasteiger partial charge in [-0.1, -0.05) is 11.6 Å². The third-order valence-corrected chi connectivity index (χ3v) is 8.40. The predicted octanol–water partition coefficient (Wildman–Crippen LogP) is 5.90. The Morgan fingerprint density at radius 3 is 2.42 bits per heavy atom. The molecule has 7 heteroatoms. The molecule has 0 spiro atoms. The second-order valence-corrected chi connectivity index (χ2v) is 11.1. The molecule has 4 aliphatic rings. The molecule has 1 amide bonds. The first kappa shape index (κ1) is 24.6. The minimum Gasteiger partial charge on any atom is -0.360 e. The molecular formula is C26H36Cl2N4O. The van der Waals surface area contributed by atoms with Crippen molar-refractivity contribution in [1.82, 2.24) is 10.3 Å². The molecule has 0 atom stereocenters. The first-order valence-electron chi connectivity index (χ1n) is 12.2. The number of aromatic nitrogens is 1. The fourth-order valence-corrected chi connectivity index (χ4v) is 7.36. The molecule has 5 nitrogen and oxygen atoms in total. The number of carbonyl (C=O) groups excluding carboxylic acids is 1. The molecule has 0 aliphatic heterocycles. The Labute approximate surface area is 208 Å². The largest absolute Gasteiger partial charge is 0.360 e. The molecule has 6 rings (SSSR count). The van der Waals surface area contributed by atoms with Gasteiger partial charge in [-0.05, 0) is 106 Å². The molecule has 4 aliphatic carbocycles. The van der Waals surface area contributed by atoms with E-state index in [-0.39, 0.29) is 23.7 Å². The maximum atomic E-state index is 13.2. The average Bonchev–Trinajstić information content (AvgIpc) is 2.74. The predicted molar refractivity (Wildman–Crippen MR) is 140 cm³/mol. The van der Waals surface area contributed by atoms with Crippen LogP contribution >= 0.6 is 24.0 Å². The Morgan fingerprint density at radius 2 is 1.79 bits per heavy atom. The number of hydrogen-bond donors (Lipinski definition) is 2. The van der Waals surface area contributed by atoms with E-state index in [9.17, 15) is 4.79 Å². The van der Waals surface area contributed by atoms with Gasteiger partial charge < -0.3 is 15.5 Å². The molecule has 1 aromatic heterocycles. The quantitative estimate of drug-likeness (QED) is 0.452. The van der Waals surface area contributed by atoms with Gasteiger partial charge in [0.25, 0.3) is 0 Å². The normalized spacial score (nSPS) is 27.4. The van der Waals surface area contributed by atoms with E-state index >= 15 is 0 Å². The summed E-state index contributed by atoms with van der Waals surface area (Å²) in [7, 11) is 4.03. The second kappa shape index (κ2) is 9.97. The molecule has 0 saturated heterocycles. The molecule has 0 unspecified atom stereocenters. The molecular weight excluding hydrogens is 455 g/mol. The van der Waals surface area contributed by atoms with Crippen molar-refractivity contribution < 1.29 is 4.79 Å². The summed E-state index contributed by atoms with van der Waals surface area (Å²) in [5.41, 5.74) is 1.78. The summed E-state index contributed by atoms with van der Waals surface area (Å²) in [4.78, 5) is 20.2. The highest BCUT2D eigenvalue weighted by Crippen LogP contribution is 2.61. The molecule has 2 aromatic rings. The lowest BCUT2D eigenvalue weighted by atomic mass is 9.49. The minimum absolute atomic E-state index is 0. The SMILES string of the molecule is CNCCCN(C)c1ccc2c(NC(=O)CC34CC5CC(CC(C5)C3)C4)c(Cl)ccc2n1.Cl.